The summed E-state index contributed by atoms with van der Waals surface area (Å²) in [5, 5.41) is 8.71. The van der Waals surface area contributed by atoms with E-state index in [0.29, 0.717) is 4.88 Å². The fraction of sp³-hybridized carbons (Fsp3) is 0.154. The maximum Gasteiger partial charge on any atom is 0.284 e. The summed E-state index contributed by atoms with van der Waals surface area (Å²) < 4.78 is 5.37. The number of nitrogens with one attached hydrogen (secondary N) is 1. The van der Waals surface area contributed by atoms with Crippen molar-refractivity contribution in [3.8, 4) is 16.2 Å². The van der Waals surface area contributed by atoms with Gasteiger partial charge >= 0.3 is 0 Å². The molecule has 1 amide bonds. The van der Waals surface area contributed by atoms with Crippen molar-refractivity contribution in [3.05, 3.63) is 34.7 Å². The summed E-state index contributed by atoms with van der Waals surface area (Å²) in [4.78, 5) is 14.2. The van der Waals surface area contributed by atoms with E-state index in [9.17, 15) is 4.79 Å². The van der Waals surface area contributed by atoms with E-state index in [-0.39, 0.29) is 0 Å². The molecule has 1 aromatic carbocycles. The van der Waals surface area contributed by atoms with Gasteiger partial charge in [-0.1, -0.05) is 12.1 Å². The normalized spacial score (nSPS) is 12.5. The van der Waals surface area contributed by atoms with Gasteiger partial charge in [0.05, 0.1) is 16.9 Å². The van der Waals surface area contributed by atoms with Gasteiger partial charge in [-0.05, 0) is 17.7 Å². The van der Waals surface area contributed by atoms with Crippen LogP contribution in [-0.4, -0.2) is 18.2 Å². The Morgan fingerprint density at radius 3 is 3.05 bits per heavy atom. The van der Waals surface area contributed by atoms with Crippen LogP contribution in [0, 0.1) is 0 Å². The van der Waals surface area contributed by atoms with Gasteiger partial charge in [0.1, 0.15) is 5.75 Å². The number of ether oxygens (including phenoxy) is 1. The number of fused-ring (bicyclic) bond motifs is 3. The highest BCUT2D eigenvalue weighted by Crippen LogP contribution is 2.48. The number of carbonyl (C=O) groups is 1. The van der Waals surface area contributed by atoms with Crippen LogP contribution in [0.5, 0.6) is 5.75 Å². The van der Waals surface area contributed by atoms with E-state index in [0.717, 1.165) is 32.4 Å². The standard InChI is InChI=1S/C13H11NO3S2/c1-17-9-4-2-3-8-11-7(6-18-12(8)9)5-10(19-11)13(15)14-16/h2-5,16H,6H2,1H3,(H,14,15). The Labute approximate surface area is 118 Å². The van der Waals surface area contributed by atoms with Gasteiger partial charge in [0.15, 0.2) is 0 Å². The summed E-state index contributed by atoms with van der Waals surface area (Å²) in [6, 6.07) is 7.74. The van der Waals surface area contributed by atoms with Crippen molar-refractivity contribution in [1.29, 1.82) is 0 Å². The third kappa shape index (κ3) is 2.01. The van der Waals surface area contributed by atoms with Crippen molar-refractivity contribution in [2.75, 3.05) is 7.11 Å². The van der Waals surface area contributed by atoms with Crippen LogP contribution in [0.4, 0.5) is 0 Å². The Kier molecular flexibility index (Phi) is 3.22. The van der Waals surface area contributed by atoms with Gasteiger partial charge in [0.25, 0.3) is 5.91 Å². The van der Waals surface area contributed by atoms with Gasteiger partial charge in [0, 0.05) is 16.2 Å². The number of methoxy groups -OCH3 is 1. The molecule has 1 aliphatic rings. The van der Waals surface area contributed by atoms with Crippen molar-refractivity contribution in [2.24, 2.45) is 0 Å². The van der Waals surface area contributed by atoms with E-state index in [2.05, 4.69) is 0 Å². The first-order chi connectivity index (χ1) is 9.24. The zero-order chi connectivity index (χ0) is 13.4. The average Bonchev–Trinajstić information content (AvgIpc) is 2.90. The molecule has 0 bridgehead atoms. The van der Waals surface area contributed by atoms with E-state index < -0.39 is 5.91 Å². The number of carbonyl (C=O) groups excluding carboxylic acids is 1. The smallest absolute Gasteiger partial charge is 0.284 e. The van der Waals surface area contributed by atoms with Crippen LogP contribution >= 0.6 is 23.1 Å². The highest BCUT2D eigenvalue weighted by atomic mass is 32.2. The molecule has 19 heavy (non-hydrogen) atoms. The molecule has 6 heteroatoms. The average molecular weight is 293 g/mol. The van der Waals surface area contributed by atoms with Crippen LogP contribution in [0.25, 0.3) is 10.4 Å². The molecule has 1 aliphatic heterocycles. The van der Waals surface area contributed by atoms with E-state index in [4.69, 9.17) is 9.94 Å². The molecular weight excluding hydrogens is 282 g/mol. The molecule has 2 heterocycles. The fourth-order valence-corrected chi connectivity index (χ4v) is 4.49. The van der Waals surface area contributed by atoms with Gasteiger partial charge < -0.3 is 4.74 Å². The molecule has 1 aromatic heterocycles. The second kappa shape index (κ2) is 4.88. The minimum Gasteiger partial charge on any atom is -0.496 e. The number of benzene rings is 1. The van der Waals surface area contributed by atoms with E-state index in [1.54, 1.807) is 24.4 Å². The largest absolute Gasteiger partial charge is 0.496 e. The number of thioether (sulfide) groups is 1. The molecule has 0 unspecified atom stereocenters. The molecular formula is C13H11NO3S2. The van der Waals surface area contributed by atoms with Crippen LogP contribution in [0.15, 0.2) is 29.2 Å². The lowest BCUT2D eigenvalue weighted by molar-refractivity contribution is 0.0711. The number of rotatable bonds is 2. The number of hydrogen-bond acceptors (Lipinski definition) is 5. The SMILES string of the molecule is COc1cccc2c1SCc1cc(C(=O)NO)sc1-2. The van der Waals surface area contributed by atoms with E-state index in [1.807, 2.05) is 24.3 Å². The third-order valence-electron chi connectivity index (χ3n) is 2.95. The van der Waals surface area contributed by atoms with Crippen molar-refractivity contribution < 1.29 is 14.7 Å². The van der Waals surface area contributed by atoms with Crippen molar-refractivity contribution in [2.45, 2.75) is 10.6 Å². The van der Waals surface area contributed by atoms with Crippen molar-refractivity contribution in [1.82, 2.24) is 5.48 Å². The predicted octanol–water partition coefficient (Wildman–Crippen LogP) is 3.15. The molecule has 0 aliphatic carbocycles. The van der Waals surface area contributed by atoms with Crippen LogP contribution < -0.4 is 10.2 Å². The lowest BCUT2D eigenvalue weighted by Gasteiger charge is -2.17. The monoisotopic (exact) mass is 293 g/mol. The molecule has 2 N–H and O–H groups in total. The summed E-state index contributed by atoms with van der Waals surface area (Å²) in [6.07, 6.45) is 0. The van der Waals surface area contributed by atoms with Crippen molar-refractivity contribution in [3.63, 3.8) is 0 Å². The zero-order valence-electron chi connectivity index (χ0n) is 10.1. The second-order valence-corrected chi connectivity index (χ2v) is 6.07. The Morgan fingerprint density at radius 2 is 2.32 bits per heavy atom. The minimum atomic E-state index is -0.464. The summed E-state index contributed by atoms with van der Waals surface area (Å²) in [5.74, 6) is 1.20. The molecule has 0 saturated carbocycles. The highest BCUT2D eigenvalue weighted by molar-refractivity contribution is 7.98. The quantitative estimate of drug-likeness (QED) is 0.659. The summed E-state index contributed by atoms with van der Waals surface area (Å²) in [7, 11) is 1.66. The maximum absolute atomic E-state index is 11.5. The first-order valence-electron chi connectivity index (χ1n) is 5.62. The molecule has 0 fully saturated rings. The molecule has 4 nitrogen and oxygen atoms in total. The van der Waals surface area contributed by atoms with Gasteiger partial charge in [-0.15, -0.1) is 23.1 Å². The Morgan fingerprint density at radius 1 is 1.47 bits per heavy atom. The first kappa shape index (κ1) is 12.5. The second-order valence-electron chi connectivity index (χ2n) is 4.03. The lowest BCUT2D eigenvalue weighted by Crippen LogP contribution is -2.16. The first-order valence-corrected chi connectivity index (χ1v) is 7.42. The molecule has 0 saturated heterocycles. The molecule has 0 atom stereocenters. The van der Waals surface area contributed by atoms with Gasteiger partial charge in [0.2, 0.25) is 0 Å². The van der Waals surface area contributed by atoms with Crippen LogP contribution in [0.2, 0.25) is 0 Å². The number of hydrogen-bond donors (Lipinski definition) is 2. The number of hydroxylamine groups is 1. The zero-order valence-corrected chi connectivity index (χ0v) is 11.7. The summed E-state index contributed by atoms with van der Waals surface area (Å²) >= 11 is 3.09. The highest BCUT2D eigenvalue weighted by Gasteiger charge is 2.24. The van der Waals surface area contributed by atoms with Crippen molar-refractivity contribution >= 4 is 29.0 Å². The van der Waals surface area contributed by atoms with Gasteiger partial charge in [-0.3, -0.25) is 10.0 Å². The van der Waals surface area contributed by atoms with Gasteiger partial charge in [-0.25, -0.2) is 5.48 Å². The number of amides is 1. The lowest BCUT2D eigenvalue weighted by atomic mass is 10.1. The Balaban J connectivity index is 2.14. The molecule has 98 valence electrons. The van der Waals surface area contributed by atoms with Gasteiger partial charge in [-0.2, -0.15) is 0 Å². The van der Waals surface area contributed by atoms with E-state index >= 15 is 0 Å². The Bertz CT molecular complexity index is 651. The third-order valence-corrected chi connectivity index (χ3v) is 5.32. The van der Waals surface area contributed by atoms with Crippen LogP contribution in [0.3, 0.4) is 0 Å². The molecule has 0 radical (unpaired) electrons. The fourth-order valence-electron chi connectivity index (χ4n) is 2.09. The Hall–Kier alpha value is -1.50. The topological polar surface area (TPSA) is 58.6 Å². The number of thiophene rings is 1. The molecule has 0 spiro atoms. The van der Waals surface area contributed by atoms with E-state index in [1.165, 1.54) is 11.3 Å². The van der Waals surface area contributed by atoms with Crippen LogP contribution in [0.1, 0.15) is 15.2 Å². The molecule has 2 aromatic rings. The summed E-state index contributed by atoms with van der Waals surface area (Å²) in [5.41, 5.74) is 3.89. The maximum atomic E-state index is 11.5. The predicted molar refractivity (Wildman–Crippen MR) is 75.1 cm³/mol. The van der Waals surface area contributed by atoms with Crippen LogP contribution in [-0.2, 0) is 5.75 Å². The summed E-state index contributed by atoms with van der Waals surface area (Å²) in [6.45, 7) is 0. The molecule has 3 rings (SSSR count). The minimum absolute atomic E-state index is 0.464.